The number of esters is 1. The van der Waals surface area contributed by atoms with Gasteiger partial charge >= 0.3 is 5.97 Å². The van der Waals surface area contributed by atoms with Crippen LogP contribution < -0.4 is 10.3 Å². The summed E-state index contributed by atoms with van der Waals surface area (Å²) in [5.74, 6) is -0.481. The molecule has 0 saturated heterocycles. The normalized spacial score (nSPS) is 10.3. The van der Waals surface area contributed by atoms with Gasteiger partial charge in [-0.15, -0.1) is 0 Å². The molecule has 0 radical (unpaired) electrons. The van der Waals surface area contributed by atoms with Crippen molar-refractivity contribution in [2.24, 2.45) is 0 Å². The summed E-state index contributed by atoms with van der Waals surface area (Å²) < 4.78 is 11.2. The van der Waals surface area contributed by atoms with Gasteiger partial charge in [-0.05, 0) is 24.3 Å². The Hall–Kier alpha value is -3.67. The third-order valence-electron chi connectivity index (χ3n) is 4.09. The van der Waals surface area contributed by atoms with Gasteiger partial charge in [-0.2, -0.15) is 0 Å². The Morgan fingerprint density at radius 3 is 2.15 bits per heavy atom. The van der Waals surface area contributed by atoms with Gasteiger partial charge < -0.3 is 9.47 Å². The first-order valence-electron chi connectivity index (χ1n) is 8.14. The number of carbonyl (C=O) groups excluding carboxylic acids is 2. The minimum atomic E-state index is -0.742. The highest BCUT2D eigenvalue weighted by molar-refractivity contribution is 6.14. The van der Waals surface area contributed by atoms with Crippen LogP contribution in [0.3, 0.4) is 0 Å². The number of aromatic nitrogens is 1. The van der Waals surface area contributed by atoms with E-state index in [1.54, 1.807) is 61.7 Å². The van der Waals surface area contributed by atoms with E-state index < -0.39 is 11.5 Å². The molecule has 2 aromatic carbocycles. The summed E-state index contributed by atoms with van der Waals surface area (Å²) in [5, 5.41) is 0. The lowest BCUT2D eigenvalue weighted by Gasteiger charge is -2.12. The number of carbonyl (C=O) groups is 2. The van der Waals surface area contributed by atoms with Crippen LogP contribution in [-0.2, 0) is 4.74 Å². The predicted molar refractivity (Wildman–Crippen MR) is 99.8 cm³/mol. The Balaban J connectivity index is 2.18. The third-order valence-corrected chi connectivity index (χ3v) is 4.09. The Morgan fingerprint density at radius 1 is 0.889 bits per heavy atom. The molecule has 0 aliphatic heterocycles. The highest BCUT2D eigenvalue weighted by Crippen LogP contribution is 2.18. The monoisotopic (exact) mass is 363 g/mol. The van der Waals surface area contributed by atoms with E-state index in [1.165, 1.54) is 17.9 Å². The molecule has 1 heterocycles. The second-order valence-electron chi connectivity index (χ2n) is 5.69. The van der Waals surface area contributed by atoms with E-state index in [0.29, 0.717) is 17.0 Å². The lowest BCUT2D eigenvalue weighted by molar-refractivity contribution is 0.0597. The van der Waals surface area contributed by atoms with Crippen molar-refractivity contribution < 1.29 is 19.1 Å². The molecule has 0 fully saturated rings. The van der Waals surface area contributed by atoms with Crippen LogP contribution in [0.5, 0.6) is 5.75 Å². The molecule has 0 aliphatic rings. The summed E-state index contributed by atoms with van der Waals surface area (Å²) in [7, 11) is 2.75. The maximum Gasteiger partial charge on any atom is 0.338 e. The molecule has 0 amide bonds. The first-order valence-corrected chi connectivity index (χ1v) is 8.14. The van der Waals surface area contributed by atoms with Crippen molar-refractivity contribution in [1.29, 1.82) is 0 Å². The van der Waals surface area contributed by atoms with E-state index in [-0.39, 0.29) is 16.9 Å². The molecule has 0 atom stereocenters. The van der Waals surface area contributed by atoms with Crippen LogP contribution in [0.4, 0.5) is 0 Å². The van der Waals surface area contributed by atoms with Crippen LogP contribution in [-0.4, -0.2) is 30.5 Å². The SMILES string of the molecule is COC(=O)c1cc(=O)n(-c2ccc(OC)cc2)cc1C(=O)c1ccccc1. The fraction of sp³-hybridized carbons (Fsp3) is 0.0952. The number of rotatable bonds is 5. The molecule has 0 aliphatic carbocycles. The third kappa shape index (κ3) is 3.64. The zero-order valence-electron chi connectivity index (χ0n) is 14.8. The van der Waals surface area contributed by atoms with Crippen molar-refractivity contribution in [3.8, 4) is 11.4 Å². The van der Waals surface area contributed by atoms with Crippen molar-refractivity contribution in [2.75, 3.05) is 14.2 Å². The molecule has 3 aromatic rings. The van der Waals surface area contributed by atoms with Crippen LogP contribution in [0.25, 0.3) is 5.69 Å². The molecule has 3 rings (SSSR count). The standard InChI is InChI=1S/C21H17NO5/c1-26-16-10-8-15(9-11-16)22-13-18(17(12-19(22)23)21(25)27-2)20(24)14-6-4-3-5-7-14/h3-13H,1-2H3. The van der Waals surface area contributed by atoms with Gasteiger partial charge in [-0.25, -0.2) is 4.79 Å². The number of hydrogen-bond acceptors (Lipinski definition) is 5. The lowest BCUT2D eigenvalue weighted by Crippen LogP contribution is -2.23. The molecule has 6 heteroatoms. The number of ketones is 1. The van der Waals surface area contributed by atoms with Crippen LogP contribution in [0.15, 0.2) is 71.7 Å². The summed E-state index contributed by atoms with van der Waals surface area (Å²) in [6, 6.07) is 16.4. The van der Waals surface area contributed by atoms with Crippen LogP contribution in [0.1, 0.15) is 26.3 Å². The van der Waals surface area contributed by atoms with Crippen molar-refractivity contribution in [3.05, 3.63) is 93.9 Å². The van der Waals surface area contributed by atoms with Gasteiger partial charge in [0.05, 0.1) is 25.3 Å². The van der Waals surface area contributed by atoms with Gasteiger partial charge in [0.15, 0.2) is 5.78 Å². The van der Waals surface area contributed by atoms with Gasteiger partial charge in [-0.3, -0.25) is 14.2 Å². The van der Waals surface area contributed by atoms with Gasteiger partial charge in [0.1, 0.15) is 5.75 Å². The summed E-state index contributed by atoms with van der Waals surface area (Å²) in [6.07, 6.45) is 1.37. The van der Waals surface area contributed by atoms with E-state index in [4.69, 9.17) is 9.47 Å². The number of nitrogens with zero attached hydrogens (tertiary/aromatic N) is 1. The second-order valence-corrected chi connectivity index (χ2v) is 5.69. The van der Waals surface area contributed by atoms with Crippen molar-refractivity contribution in [3.63, 3.8) is 0 Å². The maximum absolute atomic E-state index is 12.9. The topological polar surface area (TPSA) is 74.6 Å². The Bertz CT molecular complexity index is 1040. The number of ether oxygens (including phenoxy) is 2. The molecule has 27 heavy (non-hydrogen) atoms. The minimum absolute atomic E-state index is 0.0684. The van der Waals surface area contributed by atoms with E-state index in [1.807, 2.05) is 0 Å². The average Bonchev–Trinajstić information content (AvgIpc) is 2.73. The van der Waals surface area contributed by atoms with E-state index in [2.05, 4.69) is 0 Å². The van der Waals surface area contributed by atoms with Crippen LogP contribution in [0.2, 0.25) is 0 Å². The Morgan fingerprint density at radius 2 is 1.56 bits per heavy atom. The molecule has 0 bridgehead atoms. The smallest absolute Gasteiger partial charge is 0.338 e. The minimum Gasteiger partial charge on any atom is -0.497 e. The lowest BCUT2D eigenvalue weighted by atomic mass is 10.00. The first kappa shape index (κ1) is 18.1. The summed E-state index contributed by atoms with van der Waals surface area (Å²) in [5.41, 5.74) is 0.511. The highest BCUT2D eigenvalue weighted by atomic mass is 16.5. The summed E-state index contributed by atoms with van der Waals surface area (Å²) >= 11 is 0. The van der Waals surface area contributed by atoms with Gasteiger partial charge in [-0.1, -0.05) is 30.3 Å². The maximum atomic E-state index is 12.9. The second kappa shape index (κ2) is 7.70. The highest BCUT2D eigenvalue weighted by Gasteiger charge is 2.21. The van der Waals surface area contributed by atoms with Crippen LogP contribution in [0, 0.1) is 0 Å². The largest absolute Gasteiger partial charge is 0.497 e. The average molecular weight is 363 g/mol. The quantitative estimate of drug-likeness (QED) is 0.515. The first-order chi connectivity index (χ1) is 13.0. The number of hydrogen-bond donors (Lipinski definition) is 0. The van der Waals surface area contributed by atoms with Crippen molar-refractivity contribution in [2.45, 2.75) is 0 Å². The Kier molecular flexibility index (Phi) is 5.17. The molecule has 0 unspecified atom stereocenters. The van der Waals surface area contributed by atoms with E-state index in [0.717, 1.165) is 6.07 Å². The molecule has 136 valence electrons. The van der Waals surface area contributed by atoms with Gasteiger partial charge in [0, 0.05) is 23.5 Å². The Labute approximate surface area is 155 Å². The molecule has 0 saturated carbocycles. The number of methoxy groups -OCH3 is 2. The summed E-state index contributed by atoms with van der Waals surface area (Å²) in [6.45, 7) is 0. The molecule has 0 N–H and O–H groups in total. The summed E-state index contributed by atoms with van der Waals surface area (Å²) in [4.78, 5) is 37.6. The molecule has 0 spiro atoms. The zero-order chi connectivity index (χ0) is 19.4. The molecular formula is C21H17NO5. The van der Waals surface area contributed by atoms with Crippen LogP contribution >= 0.6 is 0 Å². The van der Waals surface area contributed by atoms with Gasteiger partial charge in [0.2, 0.25) is 0 Å². The van der Waals surface area contributed by atoms with E-state index in [9.17, 15) is 14.4 Å². The number of benzene rings is 2. The molecular weight excluding hydrogens is 346 g/mol. The fourth-order valence-corrected chi connectivity index (χ4v) is 2.68. The van der Waals surface area contributed by atoms with E-state index >= 15 is 0 Å². The zero-order valence-corrected chi connectivity index (χ0v) is 14.8. The molecule has 6 nitrogen and oxygen atoms in total. The van der Waals surface area contributed by atoms with Crippen molar-refractivity contribution in [1.82, 2.24) is 4.57 Å². The molecule has 1 aromatic heterocycles. The fourth-order valence-electron chi connectivity index (χ4n) is 2.68. The van der Waals surface area contributed by atoms with Gasteiger partial charge in [0.25, 0.3) is 5.56 Å². The van der Waals surface area contributed by atoms with Crippen molar-refractivity contribution >= 4 is 11.8 Å². The predicted octanol–water partition coefficient (Wildman–Crippen LogP) is 2.86. The number of pyridine rings is 1.